The number of carbonyl (C=O) groups excluding carboxylic acids is 2. The van der Waals surface area contributed by atoms with E-state index in [-0.39, 0.29) is 11.8 Å². The summed E-state index contributed by atoms with van der Waals surface area (Å²) >= 11 is 1.71. The first-order valence-electron chi connectivity index (χ1n) is 3.29. The predicted molar refractivity (Wildman–Crippen MR) is 46.6 cm³/mol. The molecule has 0 aromatic carbocycles. The Balaban J connectivity index is 0.000000127. The van der Waals surface area contributed by atoms with Crippen molar-refractivity contribution in [3.05, 3.63) is 35.0 Å². The molecule has 0 unspecified atom stereocenters. The van der Waals surface area contributed by atoms with Crippen LogP contribution < -0.4 is 5.32 Å². The first kappa shape index (κ1) is 8.67. The van der Waals surface area contributed by atoms with Gasteiger partial charge in [-0.2, -0.15) is 11.3 Å². The largest absolute Gasteiger partial charge is 0.289 e. The molecular weight excluding hydrogens is 174 g/mol. The van der Waals surface area contributed by atoms with Crippen LogP contribution in [-0.2, 0) is 9.59 Å². The Hall–Kier alpha value is -1.42. The molecule has 0 aliphatic carbocycles. The SMILES string of the molecule is O=C1C=CC(=O)N1.c1ccsc1. The zero-order valence-electron chi connectivity index (χ0n) is 6.19. The van der Waals surface area contributed by atoms with E-state index in [4.69, 9.17) is 0 Å². The van der Waals surface area contributed by atoms with E-state index in [1.165, 1.54) is 12.2 Å². The smallest absolute Gasteiger partial charge is 0.250 e. The van der Waals surface area contributed by atoms with Gasteiger partial charge in [0.05, 0.1) is 0 Å². The Labute approximate surface area is 73.7 Å². The molecule has 0 radical (unpaired) electrons. The topological polar surface area (TPSA) is 46.2 Å². The first-order valence-corrected chi connectivity index (χ1v) is 4.23. The van der Waals surface area contributed by atoms with Gasteiger partial charge in [0.25, 0.3) is 11.8 Å². The summed E-state index contributed by atoms with van der Waals surface area (Å²) in [6, 6.07) is 4.04. The van der Waals surface area contributed by atoms with Gasteiger partial charge in [-0.25, -0.2) is 0 Å². The minimum atomic E-state index is -0.329. The molecule has 0 saturated carbocycles. The van der Waals surface area contributed by atoms with Crippen molar-refractivity contribution in [2.45, 2.75) is 0 Å². The molecule has 1 aliphatic heterocycles. The van der Waals surface area contributed by atoms with Gasteiger partial charge in [-0.3, -0.25) is 14.9 Å². The van der Waals surface area contributed by atoms with Crippen molar-refractivity contribution in [2.24, 2.45) is 0 Å². The summed E-state index contributed by atoms with van der Waals surface area (Å²) in [6.07, 6.45) is 2.39. The van der Waals surface area contributed by atoms with Crippen LogP contribution in [0.15, 0.2) is 35.0 Å². The van der Waals surface area contributed by atoms with E-state index >= 15 is 0 Å². The highest BCUT2D eigenvalue weighted by Gasteiger charge is 2.06. The van der Waals surface area contributed by atoms with E-state index in [2.05, 4.69) is 0 Å². The lowest BCUT2D eigenvalue weighted by Gasteiger charge is -1.80. The van der Waals surface area contributed by atoms with Crippen LogP contribution in [0, 0.1) is 0 Å². The number of rotatable bonds is 0. The third kappa shape index (κ3) is 3.12. The average molecular weight is 181 g/mol. The molecule has 2 heterocycles. The van der Waals surface area contributed by atoms with Crippen LogP contribution in [0.5, 0.6) is 0 Å². The summed E-state index contributed by atoms with van der Waals surface area (Å²) in [5, 5.41) is 6.11. The minimum Gasteiger partial charge on any atom is -0.289 e. The molecule has 1 aliphatic rings. The van der Waals surface area contributed by atoms with Crippen molar-refractivity contribution < 1.29 is 9.59 Å². The average Bonchev–Trinajstić information content (AvgIpc) is 2.63. The van der Waals surface area contributed by atoms with Crippen LogP contribution in [0.3, 0.4) is 0 Å². The molecule has 3 nitrogen and oxygen atoms in total. The maximum Gasteiger partial charge on any atom is 0.250 e. The van der Waals surface area contributed by atoms with Crippen LogP contribution in [0.4, 0.5) is 0 Å². The second kappa shape index (κ2) is 4.46. The fraction of sp³-hybridized carbons (Fsp3) is 0. The third-order valence-electron chi connectivity index (χ3n) is 1.06. The molecular formula is C8H7NO2S. The maximum absolute atomic E-state index is 10.0. The molecule has 1 aromatic heterocycles. The van der Waals surface area contributed by atoms with E-state index in [1.807, 2.05) is 28.2 Å². The Bertz CT molecular complexity index is 257. The number of carbonyl (C=O) groups is 2. The minimum absolute atomic E-state index is 0.329. The quantitative estimate of drug-likeness (QED) is 0.605. The van der Waals surface area contributed by atoms with E-state index in [0.29, 0.717) is 0 Å². The van der Waals surface area contributed by atoms with Gasteiger partial charge in [0.2, 0.25) is 0 Å². The summed E-state index contributed by atoms with van der Waals surface area (Å²) in [5.41, 5.74) is 0. The van der Waals surface area contributed by atoms with Crippen LogP contribution in [0.25, 0.3) is 0 Å². The monoisotopic (exact) mass is 181 g/mol. The summed E-state index contributed by atoms with van der Waals surface area (Å²) in [4.78, 5) is 20.1. The fourth-order valence-corrected chi connectivity index (χ4v) is 1.04. The van der Waals surface area contributed by atoms with Gasteiger partial charge >= 0.3 is 0 Å². The summed E-state index contributed by atoms with van der Waals surface area (Å²) < 4.78 is 0. The molecule has 0 fully saturated rings. The normalized spacial score (nSPS) is 13.7. The lowest BCUT2D eigenvalue weighted by molar-refractivity contribution is -0.123. The Morgan fingerprint density at radius 3 is 1.67 bits per heavy atom. The number of thiophene rings is 1. The zero-order chi connectivity index (χ0) is 8.81. The number of hydrogen-bond acceptors (Lipinski definition) is 3. The number of hydrogen-bond donors (Lipinski definition) is 1. The standard InChI is InChI=1S/C4H3NO2.C4H4S/c6-3-1-2-4(7)5-3;1-2-4-5-3-1/h1-2H,(H,5,6,7);1-4H. The molecule has 0 atom stereocenters. The lowest BCUT2D eigenvalue weighted by Crippen LogP contribution is -2.19. The molecule has 62 valence electrons. The Morgan fingerprint density at radius 1 is 1.00 bits per heavy atom. The van der Waals surface area contributed by atoms with Crippen molar-refractivity contribution in [2.75, 3.05) is 0 Å². The highest BCUT2D eigenvalue weighted by Crippen LogP contribution is 1.91. The Morgan fingerprint density at radius 2 is 1.50 bits per heavy atom. The van der Waals surface area contributed by atoms with Gasteiger partial charge in [0.15, 0.2) is 0 Å². The number of amides is 2. The molecule has 1 N–H and O–H groups in total. The van der Waals surface area contributed by atoms with E-state index in [9.17, 15) is 9.59 Å². The molecule has 2 rings (SSSR count). The molecule has 12 heavy (non-hydrogen) atoms. The fourth-order valence-electron chi connectivity index (χ4n) is 0.583. The molecule has 4 heteroatoms. The molecule has 0 saturated heterocycles. The van der Waals surface area contributed by atoms with E-state index < -0.39 is 0 Å². The van der Waals surface area contributed by atoms with Crippen LogP contribution in [-0.4, -0.2) is 11.8 Å². The van der Waals surface area contributed by atoms with Gasteiger partial charge in [-0.05, 0) is 10.8 Å². The molecule has 0 bridgehead atoms. The van der Waals surface area contributed by atoms with Crippen molar-refractivity contribution in [3.8, 4) is 0 Å². The number of imide groups is 1. The molecule has 0 spiro atoms. The predicted octanol–water partition coefficient (Wildman–Crippen LogP) is 0.947. The second-order valence-corrected chi connectivity index (χ2v) is 2.80. The maximum atomic E-state index is 10.0. The van der Waals surface area contributed by atoms with Gasteiger partial charge in [0, 0.05) is 12.2 Å². The van der Waals surface area contributed by atoms with Gasteiger partial charge in [-0.15, -0.1) is 0 Å². The highest BCUT2D eigenvalue weighted by molar-refractivity contribution is 7.07. The van der Waals surface area contributed by atoms with Crippen LogP contribution >= 0.6 is 11.3 Å². The van der Waals surface area contributed by atoms with Gasteiger partial charge in [0.1, 0.15) is 0 Å². The van der Waals surface area contributed by atoms with Gasteiger partial charge in [-0.1, -0.05) is 12.1 Å². The van der Waals surface area contributed by atoms with Gasteiger partial charge < -0.3 is 0 Å². The zero-order valence-corrected chi connectivity index (χ0v) is 7.01. The third-order valence-corrected chi connectivity index (χ3v) is 1.69. The van der Waals surface area contributed by atoms with E-state index in [0.717, 1.165) is 0 Å². The van der Waals surface area contributed by atoms with Crippen LogP contribution in [0.1, 0.15) is 0 Å². The Kier molecular flexibility index (Phi) is 3.22. The van der Waals surface area contributed by atoms with Crippen LogP contribution in [0.2, 0.25) is 0 Å². The summed E-state index contributed by atoms with van der Waals surface area (Å²) in [5.74, 6) is -0.657. The lowest BCUT2D eigenvalue weighted by atomic mass is 10.6. The van der Waals surface area contributed by atoms with E-state index in [1.54, 1.807) is 11.3 Å². The molecule has 2 amide bonds. The summed E-state index contributed by atoms with van der Waals surface area (Å²) in [6.45, 7) is 0. The highest BCUT2D eigenvalue weighted by atomic mass is 32.1. The van der Waals surface area contributed by atoms with Crippen molar-refractivity contribution in [1.82, 2.24) is 5.32 Å². The number of nitrogens with one attached hydrogen (secondary N) is 1. The van der Waals surface area contributed by atoms with Crippen molar-refractivity contribution in [3.63, 3.8) is 0 Å². The second-order valence-electron chi connectivity index (χ2n) is 1.98. The van der Waals surface area contributed by atoms with Crippen molar-refractivity contribution >= 4 is 23.2 Å². The summed E-state index contributed by atoms with van der Waals surface area (Å²) in [7, 11) is 0. The van der Waals surface area contributed by atoms with Crippen molar-refractivity contribution in [1.29, 1.82) is 0 Å². The molecule has 1 aromatic rings. The first-order chi connectivity index (χ1) is 5.79.